The Hall–Kier alpha value is -2.07. The van der Waals surface area contributed by atoms with Gasteiger partial charge in [-0.25, -0.2) is 17.8 Å². The van der Waals surface area contributed by atoms with E-state index in [-0.39, 0.29) is 17.3 Å². The summed E-state index contributed by atoms with van der Waals surface area (Å²) >= 11 is 1.38. The Labute approximate surface area is 204 Å². The van der Waals surface area contributed by atoms with E-state index in [0.717, 1.165) is 41.9 Å². The number of amides is 1. The van der Waals surface area contributed by atoms with Crippen LogP contribution in [0.15, 0.2) is 47.4 Å². The maximum Gasteiger partial charge on any atom is 0.244 e. The first-order valence-electron chi connectivity index (χ1n) is 10.7. The average molecular weight is 514 g/mol. The van der Waals surface area contributed by atoms with E-state index in [1.807, 2.05) is 26.0 Å². The van der Waals surface area contributed by atoms with Gasteiger partial charge in [0.1, 0.15) is 11.6 Å². The van der Waals surface area contributed by atoms with Gasteiger partial charge in [-0.15, -0.1) is 12.4 Å². The molecule has 180 valence electrons. The topological polar surface area (TPSA) is 70.6 Å². The molecule has 0 aliphatic rings. The van der Waals surface area contributed by atoms with Gasteiger partial charge in [-0.05, 0) is 61.5 Å². The van der Waals surface area contributed by atoms with Crippen molar-refractivity contribution in [3.63, 3.8) is 0 Å². The van der Waals surface area contributed by atoms with E-state index >= 15 is 0 Å². The number of thiazole rings is 1. The fourth-order valence-corrected chi connectivity index (χ4v) is 5.64. The van der Waals surface area contributed by atoms with Crippen molar-refractivity contribution in [1.82, 2.24) is 9.88 Å². The van der Waals surface area contributed by atoms with E-state index in [9.17, 15) is 17.6 Å². The van der Waals surface area contributed by atoms with E-state index in [4.69, 9.17) is 0 Å². The minimum absolute atomic E-state index is 0. The fourth-order valence-electron chi connectivity index (χ4n) is 3.37. The van der Waals surface area contributed by atoms with Crippen LogP contribution in [0.2, 0.25) is 0 Å². The van der Waals surface area contributed by atoms with Crippen LogP contribution in [0.25, 0.3) is 10.2 Å². The van der Waals surface area contributed by atoms with Crippen LogP contribution in [0.3, 0.4) is 0 Å². The molecule has 1 aromatic heterocycles. The number of aryl methyl sites for hydroxylation is 1. The van der Waals surface area contributed by atoms with Gasteiger partial charge in [-0.1, -0.05) is 38.2 Å². The minimum Gasteiger partial charge on any atom is -0.302 e. The van der Waals surface area contributed by atoms with E-state index in [1.165, 1.54) is 33.9 Å². The van der Waals surface area contributed by atoms with Crippen LogP contribution in [0.4, 0.5) is 9.52 Å². The third-order valence-corrected chi connectivity index (χ3v) is 8.06. The number of carbonyl (C=O) groups excluding carboxylic acids is 1. The van der Waals surface area contributed by atoms with Gasteiger partial charge in [-0.2, -0.15) is 0 Å². The maximum absolute atomic E-state index is 13.2. The summed E-state index contributed by atoms with van der Waals surface area (Å²) < 4.78 is 39.8. The molecule has 0 N–H and O–H groups in total. The first kappa shape index (κ1) is 27.2. The zero-order chi connectivity index (χ0) is 23.3. The second-order valence-electron chi connectivity index (χ2n) is 7.44. The van der Waals surface area contributed by atoms with E-state index in [1.54, 1.807) is 0 Å². The van der Waals surface area contributed by atoms with Crippen molar-refractivity contribution in [2.24, 2.45) is 0 Å². The van der Waals surface area contributed by atoms with Gasteiger partial charge >= 0.3 is 0 Å². The zero-order valence-electron chi connectivity index (χ0n) is 19.0. The monoisotopic (exact) mass is 513 g/mol. The molecule has 1 amide bonds. The van der Waals surface area contributed by atoms with Crippen LogP contribution in [0.5, 0.6) is 0 Å². The number of halogens is 2. The predicted octanol–water partition coefficient (Wildman–Crippen LogP) is 4.57. The molecule has 10 heteroatoms. The lowest BCUT2D eigenvalue weighted by Gasteiger charge is -2.24. The van der Waals surface area contributed by atoms with Gasteiger partial charge in [0.25, 0.3) is 0 Å². The molecule has 0 atom stereocenters. The number of sulfone groups is 1. The normalized spacial score (nSPS) is 11.5. The largest absolute Gasteiger partial charge is 0.302 e. The molecular formula is C23H29ClFN3O3S2. The molecule has 2 aromatic carbocycles. The number of hydrogen-bond acceptors (Lipinski definition) is 6. The first-order chi connectivity index (χ1) is 15.3. The summed E-state index contributed by atoms with van der Waals surface area (Å²) in [6.45, 7) is 8.74. The molecule has 1 heterocycles. The third-order valence-electron chi connectivity index (χ3n) is 5.40. The summed E-state index contributed by atoms with van der Waals surface area (Å²) in [5.74, 6) is -1.78. The predicted molar refractivity (Wildman–Crippen MR) is 135 cm³/mol. The van der Waals surface area contributed by atoms with Crippen LogP contribution in [-0.4, -0.2) is 56.1 Å². The van der Waals surface area contributed by atoms with E-state index in [2.05, 4.69) is 22.9 Å². The number of benzene rings is 2. The van der Waals surface area contributed by atoms with Gasteiger partial charge in [0, 0.05) is 13.1 Å². The van der Waals surface area contributed by atoms with Crippen molar-refractivity contribution in [2.75, 3.05) is 36.8 Å². The highest BCUT2D eigenvalue weighted by atomic mass is 35.5. The molecule has 33 heavy (non-hydrogen) atoms. The van der Waals surface area contributed by atoms with Crippen molar-refractivity contribution < 1.29 is 17.6 Å². The first-order valence-corrected chi connectivity index (χ1v) is 13.1. The number of fused-ring (bicyclic) bond motifs is 1. The SMILES string of the molecule is CCc1ccc2nc(N(CCN(CC)CC)C(=O)CS(=O)(=O)c3ccc(F)cc3)sc2c1.Cl. The van der Waals surface area contributed by atoms with Crippen molar-refractivity contribution in [3.05, 3.63) is 53.8 Å². The molecule has 0 unspecified atom stereocenters. The Bertz CT molecular complexity index is 1180. The van der Waals surface area contributed by atoms with Crippen molar-refractivity contribution >= 4 is 54.8 Å². The zero-order valence-corrected chi connectivity index (χ0v) is 21.4. The highest BCUT2D eigenvalue weighted by Gasteiger charge is 2.27. The molecule has 0 saturated carbocycles. The Morgan fingerprint density at radius 1 is 1.03 bits per heavy atom. The lowest BCUT2D eigenvalue weighted by atomic mass is 10.2. The van der Waals surface area contributed by atoms with Crippen molar-refractivity contribution in [1.29, 1.82) is 0 Å². The van der Waals surface area contributed by atoms with Crippen LogP contribution >= 0.6 is 23.7 Å². The Kier molecular flexibility index (Phi) is 9.78. The summed E-state index contributed by atoms with van der Waals surface area (Å²) in [7, 11) is -3.91. The lowest BCUT2D eigenvalue weighted by Crippen LogP contribution is -2.41. The Morgan fingerprint density at radius 3 is 2.30 bits per heavy atom. The molecular weight excluding hydrogens is 485 g/mol. The highest BCUT2D eigenvalue weighted by molar-refractivity contribution is 7.92. The Morgan fingerprint density at radius 2 is 1.70 bits per heavy atom. The smallest absolute Gasteiger partial charge is 0.244 e. The number of aromatic nitrogens is 1. The lowest BCUT2D eigenvalue weighted by molar-refractivity contribution is -0.116. The fraction of sp³-hybridized carbons (Fsp3) is 0.391. The van der Waals surface area contributed by atoms with Gasteiger partial charge in [-0.3, -0.25) is 9.69 Å². The maximum atomic E-state index is 13.2. The average Bonchev–Trinajstić information content (AvgIpc) is 3.19. The highest BCUT2D eigenvalue weighted by Crippen LogP contribution is 2.30. The number of anilines is 1. The third kappa shape index (κ3) is 6.72. The van der Waals surface area contributed by atoms with Crippen LogP contribution in [0.1, 0.15) is 26.3 Å². The standard InChI is InChI=1S/C23H28FN3O3S2.ClH/c1-4-17-7-12-20-21(15-17)31-23(25-20)27(14-13-26(5-2)6-3)22(28)16-32(29,30)19-10-8-18(24)9-11-19;/h7-12,15H,4-6,13-14,16H2,1-3H3;1H. The number of rotatable bonds is 10. The molecule has 6 nitrogen and oxygen atoms in total. The summed E-state index contributed by atoms with van der Waals surface area (Å²) in [4.78, 5) is 21.4. The van der Waals surface area contributed by atoms with Gasteiger partial charge in [0.05, 0.1) is 15.1 Å². The summed E-state index contributed by atoms with van der Waals surface area (Å²) in [6, 6.07) is 10.5. The van der Waals surface area contributed by atoms with Gasteiger partial charge in [0.2, 0.25) is 5.91 Å². The molecule has 0 saturated heterocycles. The minimum atomic E-state index is -3.91. The molecule has 0 aliphatic heterocycles. The number of nitrogens with zero attached hydrogens (tertiary/aromatic N) is 3. The number of carbonyl (C=O) groups is 1. The van der Waals surface area contributed by atoms with Crippen LogP contribution < -0.4 is 4.90 Å². The summed E-state index contributed by atoms with van der Waals surface area (Å²) in [5, 5.41) is 0.486. The van der Waals surface area contributed by atoms with E-state index < -0.39 is 27.3 Å². The molecule has 0 fully saturated rings. The molecule has 0 bridgehead atoms. The summed E-state index contributed by atoms with van der Waals surface area (Å²) in [6.07, 6.45) is 0.893. The van der Waals surface area contributed by atoms with Gasteiger partial charge < -0.3 is 4.90 Å². The van der Waals surface area contributed by atoms with Crippen molar-refractivity contribution in [3.8, 4) is 0 Å². The summed E-state index contributed by atoms with van der Waals surface area (Å²) in [5.41, 5.74) is 1.96. The van der Waals surface area contributed by atoms with Gasteiger partial charge in [0.15, 0.2) is 15.0 Å². The van der Waals surface area contributed by atoms with Crippen LogP contribution in [-0.2, 0) is 21.1 Å². The number of likely N-dealkylation sites (N-methyl/N-ethyl adjacent to an activating group) is 1. The number of hydrogen-bond donors (Lipinski definition) is 0. The molecule has 0 spiro atoms. The molecule has 3 rings (SSSR count). The second kappa shape index (κ2) is 11.9. The quantitative estimate of drug-likeness (QED) is 0.371. The van der Waals surface area contributed by atoms with Crippen LogP contribution in [0, 0.1) is 5.82 Å². The van der Waals surface area contributed by atoms with E-state index in [0.29, 0.717) is 18.2 Å². The molecule has 3 aromatic rings. The second-order valence-corrected chi connectivity index (χ2v) is 10.4. The Balaban J connectivity index is 0.00000385. The van der Waals surface area contributed by atoms with Crippen molar-refractivity contribution in [2.45, 2.75) is 32.1 Å². The molecule has 0 aliphatic carbocycles. The molecule has 0 radical (unpaired) electrons.